The van der Waals surface area contributed by atoms with Crippen LogP contribution in [0.4, 0.5) is 0 Å². The molecule has 0 heterocycles. The van der Waals surface area contributed by atoms with Crippen LogP contribution >= 0.6 is 0 Å². The highest BCUT2D eigenvalue weighted by Crippen LogP contribution is 2.09. The lowest BCUT2D eigenvalue weighted by molar-refractivity contribution is -0.129. The maximum Gasteiger partial charge on any atom is 0.475 e. The second-order valence-corrected chi connectivity index (χ2v) is 8.24. The van der Waals surface area contributed by atoms with E-state index in [9.17, 15) is 19.6 Å². The van der Waals surface area contributed by atoms with Crippen LogP contribution in [0.15, 0.2) is 4.99 Å². The topological polar surface area (TPSA) is 149 Å². The predicted octanol–water partition coefficient (Wildman–Crippen LogP) is 0.155. The molecule has 0 rings (SSSR count). The zero-order valence-corrected chi connectivity index (χ0v) is 18.6. The van der Waals surface area contributed by atoms with E-state index in [1.165, 1.54) is 0 Å². The van der Waals surface area contributed by atoms with Crippen LogP contribution in [0.2, 0.25) is 0 Å². The number of hydrogen-bond donors (Lipinski definition) is 6. The van der Waals surface area contributed by atoms with E-state index in [-0.39, 0.29) is 11.8 Å². The van der Waals surface area contributed by atoms with Gasteiger partial charge >= 0.3 is 7.12 Å². The summed E-state index contributed by atoms with van der Waals surface area (Å²) in [5.74, 6) is -0.391. The van der Waals surface area contributed by atoms with Gasteiger partial charge < -0.3 is 31.7 Å². The SMILES string of the molecule is CN=C(N)NCCC[C@H](NC(=O)CCCC(C)C)C(=O)N[C@@H](CC(C)C)B(O)O. The van der Waals surface area contributed by atoms with Crippen molar-refractivity contribution in [3.63, 3.8) is 0 Å². The number of carbonyl (C=O) groups excluding carboxylic acids is 2. The molecule has 0 radical (unpaired) electrons. The number of rotatable bonds is 14. The van der Waals surface area contributed by atoms with E-state index in [0.717, 1.165) is 12.8 Å². The Hall–Kier alpha value is -1.81. The Morgan fingerprint density at radius 1 is 1.03 bits per heavy atom. The molecule has 2 amide bonds. The average molecular weight is 413 g/mol. The quantitative estimate of drug-likeness (QED) is 0.103. The van der Waals surface area contributed by atoms with Gasteiger partial charge in [-0.1, -0.05) is 34.1 Å². The minimum absolute atomic E-state index is 0.173. The zero-order valence-electron chi connectivity index (χ0n) is 18.6. The zero-order chi connectivity index (χ0) is 22.4. The molecule has 0 fully saturated rings. The molecular weight excluding hydrogens is 373 g/mol. The Balaban J connectivity index is 4.89. The summed E-state index contributed by atoms with van der Waals surface area (Å²) >= 11 is 0. The second-order valence-electron chi connectivity index (χ2n) is 8.24. The molecular formula is C19H40BN5O4. The van der Waals surface area contributed by atoms with E-state index in [0.29, 0.717) is 44.1 Å². The number of nitrogens with one attached hydrogen (secondary N) is 3. The maximum atomic E-state index is 12.7. The smallest absolute Gasteiger partial charge is 0.426 e. The summed E-state index contributed by atoms with van der Waals surface area (Å²) in [5.41, 5.74) is 5.59. The van der Waals surface area contributed by atoms with Gasteiger partial charge in [0.2, 0.25) is 11.8 Å². The van der Waals surface area contributed by atoms with Gasteiger partial charge in [0, 0.05) is 20.0 Å². The Labute approximate surface area is 175 Å². The Morgan fingerprint density at radius 3 is 2.21 bits per heavy atom. The molecule has 7 N–H and O–H groups in total. The summed E-state index contributed by atoms with van der Waals surface area (Å²) in [7, 11) is -0.0867. The van der Waals surface area contributed by atoms with Crippen LogP contribution in [0, 0.1) is 11.8 Å². The molecule has 29 heavy (non-hydrogen) atoms. The van der Waals surface area contributed by atoms with E-state index in [1.54, 1.807) is 7.05 Å². The monoisotopic (exact) mass is 413 g/mol. The Bertz CT molecular complexity index is 515. The van der Waals surface area contributed by atoms with Crippen LogP contribution in [0.25, 0.3) is 0 Å². The van der Waals surface area contributed by atoms with Crippen molar-refractivity contribution in [3.05, 3.63) is 0 Å². The lowest BCUT2D eigenvalue weighted by atomic mass is 9.75. The van der Waals surface area contributed by atoms with Gasteiger partial charge in [-0.3, -0.25) is 14.6 Å². The molecule has 9 nitrogen and oxygen atoms in total. The number of aliphatic imine (C=N–C) groups is 1. The van der Waals surface area contributed by atoms with Crippen molar-refractivity contribution in [3.8, 4) is 0 Å². The fraction of sp³-hybridized carbons (Fsp3) is 0.842. The lowest BCUT2D eigenvalue weighted by Gasteiger charge is -2.24. The molecule has 168 valence electrons. The van der Waals surface area contributed by atoms with Crippen molar-refractivity contribution in [2.75, 3.05) is 13.6 Å². The molecule has 0 aliphatic heterocycles. The molecule has 2 atom stereocenters. The van der Waals surface area contributed by atoms with Gasteiger partial charge in [0.1, 0.15) is 6.04 Å². The second kappa shape index (κ2) is 15.1. The Kier molecular flexibility index (Phi) is 14.2. The first-order valence-corrected chi connectivity index (χ1v) is 10.5. The molecule has 0 bridgehead atoms. The summed E-state index contributed by atoms with van der Waals surface area (Å²) in [6.07, 6.45) is 3.45. The number of guanidine groups is 1. The number of nitrogens with two attached hydrogens (primary N) is 1. The van der Waals surface area contributed by atoms with Crippen LogP contribution in [0.3, 0.4) is 0 Å². The number of hydrogen-bond acceptors (Lipinski definition) is 5. The van der Waals surface area contributed by atoms with E-state index >= 15 is 0 Å². The van der Waals surface area contributed by atoms with Crippen molar-refractivity contribution in [2.45, 2.75) is 78.2 Å². The standard InChI is InChI=1S/C19H40BN5O4/c1-13(2)8-6-10-17(26)24-15(9-7-11-23-19(21)22-5)18(27)25-16(20(28)29)12-14(3)4/h13-16,28-29H,6-12H2,1-5H3,(H,24,26)(H,25,27)(H3,21,22,23)/t15-,16-/m0/s1. The van der Waals surface area contributed by atoms with Gasteiger partial charge in [0.05, 0.1) is 5.94 Å². The van der Waals surface area contributed by atoms with Gasteiger partial charge in [-0.25, -0.2) is 0 Å². The van der Waals surface area contributed by atoms with Crippen LogP contribution in [-0.4, -0.2) is 60.5 Å². The molecule has 0 aromatic carbocycles. The van der Waals surface area contributed by atoms with Crippen molar-refractivity contribution in [2.24, 2.45) is 22.6 Å². The van der Waals surface area contributed by atoms with Gasteiger partial charge in [0.15, 0.2) is 5.96 Å². The Morgan fingerprint density at radius 2 is 1.69 bits per heavy atom. The summed E-state index contributed by atoms with van der Waals surface area (Å²) in [6, 6.07) is -0.753. The van der Waals surface area contributed by atoms with Gasteiger partial charge in [-0.05, 0) is 37.5 Å². The first kappa shape index (κ1) is 27.2. The van der Waals surface area contributed by atoms with Crippen LogP contribution in [0.5, 0.6) is 0 Å². The third kappa shape index (κ3) is 13.9. The van der Waals surface area contributed by atoms with Crippen LogP contribution in [0.1, 0.15) is 66.2 Å². The van der Waals surface area contributed by atoms with Gasteiger partial charge in [-0.15, -0.1) is 0 Å². The first-order valence-electron chi connectivity index (χ1n) is 10.5. The summed E-state index contributed by atoms with van der Waals surface area (Å²) < 4.78 is 0. The molecule has 0 aliphatic rings. The molecule has 0 saturated heterocycles. The highest BCUT2D eigenvalue weighted by Gasteiger charge is 2.29. The van der Waals surface area contributed by atoms with Crippen molar-refractivity contribution in [1.29, 1.82) is 0 Å². The molecule has 10 heteroatoms. The number of amides is 2. The van der Waals surface area contributed by atoms with Crippen molar-refractivity contribution in [1.82, 2.24) is 16.0 Å². The third-order valence-corrected chi connectivity index (χ3v) is 4.47. The summed E-state index contributed by atoms with van der Waals surface area (Å²) in [5, 5.41) is 27.5. The third-order valence-electron chi connectivity index (χ3n) is 4.47. The molecule has 0 saturated carbocycles. The number of carbonyl (C=O) groups is 2. The van der Waals surface area contributed by atoms with Crippen LogP contribution < -0.4 is 21.7 Å². The van der Waals surface area contributed by atoms with Crippen molar-refractivity contribution < 1.29 is 19.6 Å². The van der Waals surface area contributed by atoms with E-state index < -0.39 is 25.0 Å². The first-order chi connectivity index (χ1) is 13.6. The largest absolute Gasteiger partial charge is 0.475 e. The molecule has 0 unspecified atom stereocenters. The summed E-state index contributed by atoms with van der Waals surface area (Å²) in [6.45, 7) is 8.57. The highest BCUT2D eigenvalue weighted by atomic mass is 16.4. The van der Waals surface area contributed by atoms with E-state index in [4.69, 9.17) is 5.73 Å². The van der Waals surface area contributed by atoms with E-state index in [1.807, 2.05) is 13.8 Å². The average Bonchev–Trinajstić information content (AvgIpc) is 2.62. The molecule has 0 aliphatic carbocycles. The minimum atomic E-state index is -1.66. The minimum Gasteiger partial charge on any atom is -0.426 e. The highest BCUT2D eigenvalue weighted by molar-refractivity contribution is 6.43. The van der Waals surface area contributed by atoms with Crippen LogP contribution in [-0.2, 0) is 9.59 Å². The fourth-order valence-corrected chi connectivity index (χ4v) is 2.85. The van der Waals surface area contributed by atoms with E-state index in [2.05, 4.69) is 34.8 Å². The van der Waals surface area contributed by atoms with Gasteiger partial charge in [0.25, 0.3) is 0 Å². The molecule has 0 aromatic heterocycles. The van der Waals surface area contributed by atoms with Crippen molar-refractivity contribution >= 4 is 24.9 Å². The summed E-state index contributed by atoms with van der Waals surface area (Å²) in [4.78, 5) is 28.8. The normalized spacial score (nSPS) is 13.9. The maximum absolute atomic E-state index is 12.7. The molecule has 0 aromatic rings. The lowest BCUT2D eigenvalue weighted by Crippen LogP contribution is -2.54. The van der Waals surface area contributed by atoms with Gasteiger partial charge in [-0.2, -0.15) is 0 Å². The fourth-order valence-electron chi connectivity index (χ4n) is 2.85. The predicted molar refractivity (Wildman–Crippen MR) is 117 cm³/mol. The number of nitrogens with zero attached hydrogens (tertiary/aromatic N) is 1. The molecule has 0 spiro atoms.